The van der Waals surface area contributed by atoms with Gasteiger partial charge in [-0.3, -0.25) is 5.43 Å². The van der Waals surface area contributed by atoms with Crippen LogP contribution in [0.3, 0.4) is 0 Å². The van der Waals surface area contributed by atoms with E-state index in [1.807, 2.05) is 0 Å². The number of alkyl halides is 7. The van der Waals surface area contributed by atoms with Crippen molar-refractivity contribution in [3.05, 3.63) is 11.8 Å². The molecule has 0 aliphatic carbocycles. The molecular formula is C8H8F7N5. The molecule has 0 radical (unpaired) electrons. The van der Waals surface area contributed by atoms with Gasteiger partial charge in [-0.15, -0.1) is 0 Å². The molecule has 5 nitrogen and oxygen atoms in total. The van der Waals surface area contributed by atoms with Crippen LogP contribution in [0, 0.1) is 0 Å². The number of nitrogens with zero attached hydrogens (tertiary/aromatic N) is 2. The summed E-state index contributed by atoms with van der Waals surface area (Å²) in [4.78, 5) is 6.25. The second kappa shape index (κ2) is 5.64. The van der Waals surface area contributed by atoms with E-state index in [1.165, 1.54) is 0 Å². The monoisotopic (exact) mass is 307 g/mol. The van der Waals surface area contributed by atoms with Crippen LogP contribution in [0.2, 0.25) is 0 Å². The van der Waals surface area contributed by atoms with E-state index in [0.29, 0.717) is 6.07 Å². The van der Waals surface area contributed by atoms with Crippen LogP contribution in [0.4, 0.5) is 42.5 Å². The summed E-state index contributed by atoms with van der Waals surface area (Å²) in [6, 6.07) is 0.294. The van der Waals surface area contributed by atoms with Crippen molar-refractivity contribution >= 4 is 11.8 Å². The van der Waals surface area contributed by atoms with Crippen LogP contribution in [-0.2, 0) is 6.18 Å². The standard InChI is InChI=1S/C8H8F7N5/c9-5(10)7(11,12)2-17-4-1-3(8(13,14)15)18-6(19-4)20-16/h1,5H,2,16H2,(H2,17,18,19,20). The molecule has 1 aromatic heterocycles. The number of hydrogen-bond acceptors (Lipinski definition) is 5. The molecule has 4 N–H and O–H groups in total. The Morgan fingerprint density at radius 1 is 1.15 bits per heavy atom. The minimum Gasteiger partial charge on any atom is -0.364 e. The van der Waals surface area contributed by atoms with Gasteiger partial charge in [0.15, 0.2) is 5.69 Å². The molecule has 12 heteroatoms. The van der Waals surface area contributed by atoms with Crippen LogP contribution in [0.1, 0.15) is 5.69 Å². The SMILES string of the molecule is NNc1nc(NCC(F)(F)C(F)F)cc(C(F)(F)F)n1. The van der Waals surface area contributed by atoms with Crippen LogP contribution >= 0.6 is 0 Å². The summed E-state index contributed by atoms with van der Waals surface area (Å²) in [5.74, 6) is -1.02. The molecule has 0 amide bonds. The lowest BCUT2D eigenvalue weighted by molar-refractivity contribution is -0.141. The molecule has 1 heterocycles. The summed E-state index contributed by atoms with van der Waals surface area (Å²) >= 11 is 0. The Morgan fingerprint density at radius 2 is 1.75 bits per heavy atom. The highest BCUT2D eigenvalue weighted by Crippen LogP contribution is 2.30. The molecule has 0 aliphatic rings. The molecule has 0 spiro atoms. The molecule has 0 aliphatic heterocycles. The van der Waals surface area contributed by atoms with Crippen LogP contribution in [-0.4, -0.2) is 28.9 Å². The van der Waals surface area contributed by atoms with Crippen molar-refractivity contribution in [2.75, 3.05) is 17.3 Å². The van der Waals surface area contributed by atoms with Gasteiger partial charge in [-0.2, -0.15) is 26.9 Å². The molecule has 0 atom stereocenters. The number of hydrogen-bond donors (Lipinski definition) is 3. The maximum atomic E-state index is 12.6. The van der Waals surface area contributed by atoms with E-state index in [2.05, 4.69) is 9.97 Å². The minimum absolute atomic E-state index is 0.294. The van der Waals surface area contributed by atoms with Crippen molar-refractivity contribution in [2.45, 2.75) is 18.5 Å². The first-order valence-electron chi connectivity index (χ1n) is 4.89. The van der Waals surface area contributed by atoms with E-state index in [-0.39, 0.29) is 0 Å². The number of aromatic nitrogens is 2. The molecule has 1 rings (SSSR count). The van der Waals surface area contributed by atoms with Crippen LogP contribution in [0.15, 0.2) is 6.07 Å². The quantitative estimate of drug-likeness (QED) is 0.441. The lowest BCUT2D eigenvalue weighted by atomic mass is 10.3. The van der Waals surface area contributed by atoms with E-state index < -0.39 is 42.5 Å². The third-order valence-electron chi connectivity index (χ3n) is 1.97. The highest BCUT2D eigenvalue weighted by atomic mass is 19.4. The van der Waals surface area contributed by atoms with Crippen LogP contribution < -0.4 is 16.6 Å². The molecule has 114 valence electrons. The van der Waals surface area contributed by atoms with Gasteiger partial charge in [0.25, 0.3) is 0 Å². The van der Waals surface area contributed by atoms with Crippen molar-refractivity contribution < 1.29 is 30.7 Å². The van der Waals surface area contributed by atoms with Gasteiger partial charge in [-0.05, 0) is 0 Å². The highest BCUT2D eigenvalue weighted by molar-refractivity contribution is 5.42. The molecule has 0 bridgehead atoms. The molecule has 20 heavy (non-hydrogen) atoms. The normalized spacial score (nSPS) is 12.7. The average Bonchev–Trinajstić information content (AvgIpc) is 2.34. The Morgan fingerprint density at radius 3 is 2.20 bits per heavy atom. The molecule has 0 fully saturated rings. The zero-order valence-corrected chi connectivity index (χ0v) is 9.48. The first-order chi connectivity index (χ1) is 9.06. The third-order valence-corrected chi connectivity index (χ3v) is 1.97. The zero-order valence-electron chi connectivity index (χ0n) is 9.48. The summed E-state index contributed by atoms with van der Waals surface area (Å²) < 4.78 is 86.3. The number of halogens is 7. The average molecular weight is 307 g/mol. The van der Waals surface area contributed by atoms with E-state index in [0.717, 1.165) is 0 Å². The smallest absolute Gasteiger partial charge is 0.364 e. The number of hydrazine groups is 1. The molecule has 0 aromatic carbocycles. The Balaban J connectivity index is 2.96. The van der Waals surface area contributed by atoms with Gasteiger partial charge in [-0.25, -0.2) is 19.6 Å². The molecule has 1 aromatic rings. The van der Waals surface area contributed by atoms with Gasteiger partial charge in [0.2, 0.25) is 5.95 Å². The molecular weight excluding hydrogens is 299 g/mol. The predicted octanol–water partition coefficient (Wildman–Crippen LogP) is 2.09. The van der Waals surface area contributed by atoms with Gasteiger partial charge in [0.1, 0.15) is 5.82 Å². The zero-order chi connectivity index (χ0) is 15.6. The van der Waals surface area contributed by atoms with Crippen molar-refractivity contribution in [3.8, 4) is 0 Å². The minimum atomic E-state index is -4.88. The lowest BCUT2D eigenvalue weighted by Crippen LogP contribution is -2.35. The highest BCUT2D eigenvalue weighted by Gasteiger charge is 2.40. The topological polar surface area (TPSA) is 75.9 Å². The Labute approximate surface area is 107 Å². The van der Waals surface area contributed by atoms with Crippen molar-refractivity contribution in [1.82, 2.24) is 9.97 Å². The predicted molar refractivity (Wildman–Crippen MR) is 54.3 cm³/mol. The summed E-state index contributed by atoms with van der Waals surface area (Å²) in [5.41, 5.74) is 0.233. The van der Waals surface area contributed by atoms with E-state index >= 15 is 0 Å². The Kier molecular flexibility index (Phi) is 4.57. The van der Waals surface area contributed by atoms with Gasteiger partial charge >= 0.3 is 18.5 Å². The Hall–Kier alpha value is -1.85. The van der Waals surface area contributed by atoms with Gasteiger partial charge < -0.3 is 5.32 Å². The van der Waals surface area contributed by atoms with E-state index in [4.69, 9.17) is 5.84 Å². The largest absolute Gasteiger partial charge is 0.433 e. The number of nitrogens with one attached hydrogen (secondary N) is 2. The second-order valence-corrected chi connectivity index (χ2v) is 3.52. The fraction of sp³-hybridized carbons (Fsp3) is 0.500. The Bertz CT molecular complexity index is 461. The summed E-state index contributed by atoms with van der Waals surface area (Å²) in [6.45, 7) is -1.59. The van der Waals surface area contributed by atoms with Crippen molar-refractivity contribution in [1.29, 1.82) is 0 Å². The van der Waals surface area contributed by atoms with E-state index in [1.54, 1.807) is 10.7 Å². The number of anilines is 2. The van der Waals surface area contributed by atoms with Gasteiger partial charge in [0.05, 0.1) is 6.54 Å². The fourth-order valence-corrected chi connectivity index (χ4v) is 1.03. The summed E-state index contributed by atoms with van der Waals surface area (Å²) in [5, 5.41) is 1.68. The van der Waals surface area contributed by atoms with Crippen molar-refractivity contribution in [2.24, 2.45) is 5.84 Å². The van der Waals surface area contributed by atoms with Crippen LogP contribution in [0.5, 0.6) is 0 Å². The van der Waals surface area contributed by atoms with E-state index in [9.17, 15) is 30.7 Å². The van der Waals surface area contributed by atoms with Crippen molar-refractivity contribution in [3.63, 3.8) is 0 Å². The van der Waals surface area contributed by atoms with Crippen LogP contribution in [0.25, 0.3) is 0 Å². The lowest BCUT2D eigenvalue weighted by Gasteiger charge is -2.17. The van der Waals surface area contributed by atoms with Gasteiger partial charge in [-0.1, -0.05) is 0 Å². The first-order valence-corrected chi connectivity index (χ1v) is 4.89. The maximum absolute atomic E-state index is 12.6. The maximum Gasteiger partial charge on any atom is 0.433 e. The third kappa shape index (κ3) is 4.08. The number of nitrogens with two attached hydrogens (primary N) is 1. The fourth-order valence-electron chi connectivity index (χ4n) is 1.03. The first kappa shape index (κ1) is 16.2. The second-order valence-electron chi connectivity index (χ2n) is 3.52. The number of rotatable bonds is 5. The summed E-state index contributed by atoms with van der Waals surface area (Å²) in [6.07, 6.45) is -8.85. The van der Waals surface area contributed by atoms with Gasteiger partial charge in [0, 0.05) is 6.07 Å². The summed E-state index contributed by atoms with van der Waals surface area (Å²) in [7, 11) is 0. The molecule has 0 unspecified atom stereocenters. The molecule has 0 saturated heterocycles. The molecule has 0 saturated carbocycles. The number of nitrogen functional groups attached to an aromatic ring is 1.